The number of nitrogens with one attached hydrogen (secondary N) is 1. The van der Waals surface area contributed by atoms with Crippen molar-refractivity contribution in [1.82, 2.24) is 15.1 Å². The molecule has 4 amide bonds. The summed E-state index contributed by atoms with van der Waals surface area (Å²) in [5.41, 5.74) is 0.144. The molecule has 5 rings (SSSR count). The van der Waals surface area contributed by atoms with Crippen molar-refractivity contribution in [3.8, 4) is 11.5 Å². The monoisotopic (exact) mass is 465 g/mol. The lowest BCUT2D eigenvalue weighted by molar-refractivity contribution is -0.138. The zero-order valence-electron chi connectivity index (χ0n) is 19.0. The minimum atomic E-state index is -1.32. The fraction of sp³-hybridized carbons (Fsp3) is 0.400. The molecule has 1 aromatic carbocycles. The Morgan fingerprint density at radius 3 is 2.71 bits per heavy atom. The molecule has 0 unspecified atom stereocenters. The number of hydrogen-bond acceptors (Lipinski definition) is 6. The predicted molar refractivity (Wildman–Crippen MR) is 121 cm³/mol. The number of rotatable bonds is 6. The van der Waals surface area contributed by atoms with Crippen LogP contribution in [0.4, 0.5) is 4.79 Å². The molecule has 1 aromatic heterocycles. The third-order valence-electron chi connectivity index (χ3n) is 6.50. The van der Waals surface area contributed by atoms with Crippen molar-refractivity contribution in [3.63, 3.8) is 0 Å². The first-order valence-electron chi connectivity index (χ1n) is 11.5. The maximum absolute atomic E-state index is 13.4. The van der Waals surface area contributed by atoms with Gasteiger partial charge in [0.15, 0.2) is 11.5 Å². The number of allylic oxidation sites excluding steroid dienone is 2. The summed E-state index contributed by atoms with van der Waals surface area (Å²) in [5.74, 6) is 0.933. The lowest BCUT2D eigenvalue weighted by Gasteiger charge is -2.28. The van der Waals surface area contributed by atoms with E-state index < -0.39 is 17.5 Å². The number of fused-ring (bicyclic) bond motifs is 1. The molecule has 3 heterocycles. The number of nitrogens with zero attached hydrogens (tertiary/aromatic N) is 2. The average molecular weight is 466 g/mol. The van der Waals surface area contributed by atoms with Gasteiger partial charge in [-0.1, -0.05) is 12.1 Å². The minimum Gasteiger partial charge on any atom is -0.486 e. The first-order chi connectivity index (χ1) is 16.5. The Labute approximate surface area is 197 Å². The summed E-state index contributed by atoms with van der Waals surface area (Å²) in [7, 11) is 0. The topological polar surface area (TPSA) is 101 Å². The Hall–Kier alpha value is -3.75. The zero-order valence-corrected chi connectivity index (χ0v) is 19.0. The molecule has 2 aromatic rings. The molecule has 0 radical (unpaired) electrons. The van der Waals surface area contributed by atoms with Gasteiger partial charge in [-0.05, 0) is 62.4 Å². The molecule has 0 spiro atoms. The summed E-state index contributed by atoms with van der Waals surface area (Å²) in [6, 6.07) is 8.12. The van der Waals surface area contributed by atoms with Crippen molar-refractivity contribution in [2.45, 2.75) is 44.7 Å². The summed E-state index contributed by atoms with van der Waals surface area (Å²) < 4.78 is 16.6. The van der Waals surface area contributed by atoms with Gasteiger partial charge in [-0.15, -0.1) is 0 Å². The van der Waals surface area contributed by atoms with Crippen LogP contribution in [0.5, 0.6) is 11.5 Å². The molecule has 34 heavy (non-hydrogen) atoms. The molecule has 1 saturated heterocycles. The Morgan fingerprint density at radius 2 is 1.97 bits per heavy atom. The van der Waals surface area contributed by atoms with Gasteiger partial charge >= 0.3 is 6.03 Å². The van der Waals surface area contributed by atoms with Crippen LogP contribution in [0.25, 0.3) is 0 Å². The van der Waals surface area contributed by atoms with Crippen LogP contribution in [-0.4, -0.2) is 47.4 Å². The van der Waals surface area contributed by atoms with Crippen LogP contribution in [0.2, 0.25) is 0 Å². The van der Waals surface area contributed by atoms with Gasteiger partial charge in [0.2, 0.25) is 5.91 Å². The normalized spacial score (nSPS) is 21.8. The molecular weight excluding hydrogens is 438 g/mol. The van der Waals surface area contributed by atoms with Crippen LogP contribution >= 0.6 is 0 Å². The summed E-state index contributed by atoms with van der Waals surface area (Å²) >= 11 is 0. The minimum absolute atomic E-state index is 0.251. The van der Waals surface area contributed by atoms with E-state index in [1.807, 2.05) is 0 Å². The van der Waals surface area contributed by atoms with Crippen LogP contribution in [0.1, 0.15) is 43.9 Å². The number of benzene rings is 1. The second-order valence-electron chi connectivity index (χ2n) is 8.81. The SMILES string of the molecule is C[C@@]1(c2ccc3c(c2)OCCO3)NC(=O)N(CC(=O)N(Cc2ccco2)C2=CCCCC2)C1=O. The van der Waals surface area contributed by atoms with E-state index in [1.165, 1.54) is 0 Å². The van der Waals surface area contributed by atoms with Crippen LogP contribution in [-0.2, 0) is 21.7 Å². The van der Waals surface area contributed by atoms with Gasteiger partial charge < -0.3 is 24.1 Å². The second-order valence-corrected chi connectivity index (χ2v) is 8.81. The van der Waals surface area contributed by atoms with Crippen molar-refractivity contribution < 1.29 is 28.3 Å². The van der Waals surface area contributed by atoms with E-state index in [0.29, 0.717) is 36.0 Å². The molecule has 1 aliphatic carbocycles. The first kappa shape index (κ1) is 22.1. The number of carbonyl (C=O) groups excluding carboxylic acids is 3. The highest BCUT2D eigenvalue weighted by Crippen LogP contribution is 2.37. The number of ether oxygens (including phenoxy) is 2. The van der Waals surface area contributed by atoms with Crippen molar-refractivity contribution in [2.24, 2.45) is 0 Å². The standard InChI is InChI=1S/C25H27N3O6/c1-25(17-9-10-20-21(14-17)34-13-12-33-20)23(30)28(24(31)26-25)16-22(29)27(15-19-8-5-11-32-19)18-6-3-2-4-7-18/h5-6,8-11,14H,2-4,7,12-13,15-16H2,1H3,(H,26,31)/t25-/m0/s1. The van der Waals surface area contributed by atoms with Crippen molar-refractivity contribution in [1.29, 1.82) is 0 Å². The fourth-order valence-corrected chi connectivity index (χ4v) is 4.59. The Bertz CT molecular complexity index is 1140. The molecule has 9 nitrogen and oxygen atoms in total. The zero-order chi connectivity index (χ0) is 23.7. The highest BCUT2D eigenvalue weighted by molar-refractivity contribution is 6.09. The van der Waals surface area contributed by atoms with Gasteiger partial charge in [-0.25, -0.2) is 4.79 Å². The molecule has 1 N–H and O–H groups in total. The summed E-state index contributed by atoms with van der Waals surface area (Å²) in [6.07, 6.45) is 7.33. The fourth-order valence-electron chi connectivity index (χ4n) is 4.59. The summed E-state index contributed by atoms with van der Waals surface area (Å²) in [6.45, 7) is 2.40. The Balaban J connectivity index is 1.37. The van der Waals surface area contributed by atoms with Gasteiger partial charge in [0, 0.05) is 5.70 Å². The number of furan rings is 1. The second kappa shape index (κ2) is 8.89. The largest absolute Gasteiger partial charge is 0.486 e. The molecule has 1 fully saturated rings. The van der Waals surface area contributed by atoms with E-state index >= 15 is 0 Å². The summed E-state index contributed by atoms with van der Waals surface area (Å²) in [5, 5.41) is 2.76. The maximum atomic E-state index is 13.4. The lowest BCUT2D eigenvalue weighted by atomic mass is 9.91. The van der Waals surface area contributed by atoms with Gasteiger partial charge in [0.05, 0.1) is 12.8 Å². The maximum Gasteiger partial charge on any atom is 0.325 e. The highest BCUT2D eigenvalue weighted by atomic mass is 16.6. The molecule has 1 atom stereocenters. The lowest BCUT2D eigenvalue weighted by Crippen LogP contribution is -2.44. The Morgan fingerprint density at radius 1 is 1.15 bits per heavy atom. The predicted octanol–water partition coefficient (Wildman–Crippen LogP) is 3.30. The van der Waals surface area contributed by atoms with Gasteiger partial charge in [0.1, 0.15) is 31.1 Å². The molecule has 178 valence electrons. The molecular formula is C25H27N3O6. The number of hydrogen-bond donors (Lipinski definition) is 1. The van der Waals surface area contributed by atoms with Crippen molar-refractivity contribution in [2.75, 3.05) is 19.8 Å². The summed E-state index contributed by atoms with van der Waals surface area (Å²) in [4.78, 5) is 42.3. The van der Waals surface area contributed by atoms with E-state index in [9.17, 15) is 14.4 Å². The third kappa shape index (κ3) is 4.02. The van der Waals surface area contributed by atoms with E-state index in [2.05, 4.69) is 11.4 Å². The van der Waals surface area contributed by atoms with E-state index in [4.69, 9.17) is 13.9 Å². The average Bonchev–Trinajstić information content (AvgIpc) is 3.45. The van der Waals surface area contributed by atoms with E-state index in [1.54, 1.807) is 48.4 Å². The highest BCUT2D eigenvalue weighted by Gasteiger charge is 2.50. The van der Waals surface area contributed by atoms with E-state index in [-0.39, 0.29) is 19.0 Å². The number of imide groups is 1. The van der Waals surface area contributed by atoms with E-state index in [0.717, 1.165) is 36.3 Å². The molecule has 9 heteroatoms. The number of urea groups is 1. The van der Waals surface area contributed by atoms with Crippen molar-refractivity contribution >= 4 is 17.8 Å². The van der Waals surface area contributed by atoms with Crippen molar-refractivity contribution in [3.05, 3.63) is 59.7 Å². The molecule has 2 aliphatic heterocycles. The molecule has 3 aliphatic rings. The van der Waals surface area contributed by atoms with Gasteiger partial charge in [0.25, 0.3) is 5.91 Å². The van der Waals surface area contributed by atoms with Gasteiger partial charge in [-0.3, -0.25) is 14.5 Å². The molecule has 0 bridgehead atoms. The quantitative estimate of drug-likeness (QED) is 0.657. The van der Waals surface area contributed by atoms with Crippen LogP contribution in [0.15, 0.2) is 52.8 Å². The number of amides is 4. The first-order valence-corrected chi connectivity index (χ1v) is 11.5. The van der Waals surface area contributed by atoms with Crippen LogP contribution < -0.4 is 14.8 Å². The Kier molecular flexibility index (Phi) is 5.77. The van der Waals surface area contributed by atoms with Crippen LogP contribution in [0.3, 0.4) is 0 Å². The molecule has 0 saturated carbocycles. The van der Waals surface area contributed by atoms with Crippen LogP contribution in [0, 0.1) is 0 Å². The number of carbonyl (C=O) groups is 3. The van der Waals surface area contributed by atoms with Gasteiger partial charge in [-0.2, -0.15) is 0 Å². The smallest absolute Gasteiger partial charge is 0.325 e. The third-order valence-corrected chi connectivity index (χ3v) is 6.50.